The minimum atomic E-state index is 0. The maximum absolute atomic E-state index is 4.34. The van der Waals surface area contributed by atoms with Crippen LogP contribution in [0.15, 0.2) is 17.1 Å². The van der Waals surface area contributed by atoms with Gasteiger partial charge in [-0.2, -0.15) is 0 Å². The van der Waals surface area contributed by atoms with Gasteiger partial charge in [0, 0.05) is 42.0 Å². The molecule has 0 amide bonds. The number of likely N-dealkylation sites (tertiary alicyclic amines) is 1. The van der Waals surface area contributed by atoms with Crippen LogP contribution in [0.2, 0.25) is 0 Å². The standard InChI is InChI=1S/C16H28N4S.HI/c1-12(2)20-9-7-14(8-10-20)19-16(17-4)18-11-15-6-5-13(3)21-15;/h5-6,12,14H,7-11H2,1-4H3,(H2,17,18,19);1H. The van der Waals surface area contributed by atoms with E-state index in [9.17, 15) is 0 Å². The number of hydrogen-bond acceptors (Lipinski definition) is 3. The van der Waals surface area contributed by atoms with E-state index in [4.69, 9.17) is 0 Å². The fourth-order valence-electron chi connectivity index (χ4n) is 2.70. The summed E-state index contributed by atoms with van der Waals surface area (Å²) in [7, 11) is 1.85. The number of hydrogen-bond donors (Lipinski definition) is 2. The molecule has 1 aliphatic rings. The average Bonchev–Trinajstić information content (AvgIpc) is 2.89. The lowest BCUT2D eigenvalue weighted by molar-refractivity contribution is 0.167. The molecule has 4 nitrogen and oxygen atoms in total. The van der Waals surface area contributed by atoms with Crippen molar-refractivity contribution in [2.24, 2.45) is 4.99 Å². The first kappa shape index (κ1) is 19.7. The summed E-state index contributed by atoms with van der Waals surface area (Å²) in [6.07, 6.45) is 2.38. The summed E-state index contributed by atoms with van der Waals surface area (Å²) in [5, 5.41) is 6.98. The van der Waals surface area contributed by atoms with Crippen molar-refractivity contribution in [1.82, 2.24) is 15.5 Å². The monoisotopic (exact) mass is 436 g/mol. The normalized spacial score (nSPS) is 17.4. The Morgan fingerprint density at radius 3 is 2.55 bits per heavy atom. The van der Waals surface area contributed by atoms with E-state index in [1.54, 1.807) is 0 Å². The summed E-state index contributed by atoms with van der Waals surface area (Å²) < 4.78 is 0. The van der Waals surface area contributed by atoms with Gasteiger partial charge in [-0.15, -0.1) is 35.3 Å². The van der Waals surface area contributed by atoms with Crippen LogP contribution in [0.5, 0.6) is 0 Å². The lowest BCUT2D eigenvalue weighted by Crippen LogP contribution is -2.49. The van der Waals surface area contributed by atoms with Gasteiger partial charge < -0.3 is 15.5 Å². The van der Waals surface area contributed by atoms with Gasteiger partial charge in [0.1, 0.15) is 0 Å². The minimum absolute atomic E-state index is 0. The highest BCUT2D eigenvalue weighted by Crippen LogP contribution is 2.15. The number of aryl methyl sites for hydroxylation is 1. The molecule has 0 spiro atoms. The molecule has 0 aromatic carbocycles. The molecular weight excluding hydrogens is 407 g/mol. The van der Waals surface area contributed by atoms with Crippen LogP contribution < -0.4 is 10.6 Å². The fourth-order valence-corrected chi connectivity index (χ4v) is 3.53. The summed E-state index contributed by atoms with van der Waals surface area (Å²) in [6, 6.07) is 5.54. The first-order valence-electron chi connectivity index (χ1n) is 7.85. The number of nitrogens with one attached hydrogen (secondary N) is 2. The lowest BCUT2D eigenvalue weighted by Gasteiger charge is -2.35. The number of nitrogens with zero attached hydrogens (tertiary/aromatic N) is 2. The lowest BCUT2D eigenvalue weighted by atomic mass is 10.0. The third kappa shape index (κ3) is 6.04. The summed E-state index contributed by atoms with van der Waals surface area (Å²) in [5.74, 6) is 0.920. The Balaban J connectivity index is 0.00000242. The zero-order valence-corrected chi connectivity index (χ0v) is 17.2. The summed E-state index contributed by atoms with van der Waals surface area (Å²) in [4.78, 5) is 9.60. The highest BCUT2D eigenvalue weighted by molar-refractivity contribution is 14.0. The molecule has 1 aliphatic heterocycles. The van der Waals surface area contributed by atoms with Gasteiger partial charge in [0.15, 0.2) is 5.96 Å². The second-order valence-electron chi connectivity index (χ2n) is 5.99. The van der Waals surface area contributed by atoms with Crippen LogP contribution in [0.25, 0.3) is 0 Å². The Morgan fingerprint density at radius 1 is 1.36 bits per heavy atom. The number of piperidine rings is 1. The summed E-state index contributed by atoms with van der Waals surface area (Å²) in [5.41, 5.74) is 0. The van der Waals surface area contributed by atoms with E-state index in [-0.39, 0.29) is 24.0 Å². The van der Waals surface area contributed by atoms with Crippen molar-refractivity contribution >= 4 is 41.3 Å². The Labute approximate surface area is 155 Å². The highest BCUT2D eigenvalue weighted by Gasteiger charge is 2.21. The molecule has 2 N–H and O–H groups in total. The third-order valence-corrected chi connectivity index (χ3v) is 5.05. The largest absolute Gasteiger partial charge is 0.354 e. The number of halogens is 1. The zero-order valence-electron chi connectivity index (χ0n) is 14.1. The SMILES string of the molecule is CN=C(NCc1ccc(C)s1)NC1CCN(C(C)C)CC1.I. The van der Waals surface area contributed by atoms with Gasteiger partial charge in [0.2, 0.25) is 0 Å². The molecule has 1 aromatic heterocycles. The molecule has 2 heterocycles. The second kappa shape index (κ2) is 9.72. The maximum atomic E-state index is 4.34. The van der Waals surface area contributed by atoms with Gasteiger partial charge in [-0.1, -0.05) is 0 Å². The summed E-state index contributed by atoms with van der Waals surface area (Å²) in [6.45, 7) is 9.90. The Hall–Kier alpha value is -0.340. The van der Waals surface area contributed by atoms with E-state index >= 15 is 0 Å². The van der Waals surface area contributed by atoms with Crippen molar-refractivity contribution in [3.05, 3.63) is 21.9 Å². The molecule has 1 saturated heterocycles. The Kier molecular flexibility index (Phi) is 8.71. The van der Waals surface area contributed by atoms with Crippen molar-refractivity contribution in [2.45, 2.75) is 52.2 Å². The molecule has 0 saturated carbocycles. The smallest absolute Gasteiger partial charge is 0.191 e. The molecule has 1 aromatic rings. The first-order chi connectivity index (χ1) is 10.1. The Bertz CT molecular complexity index is 464. The van der Waals surface area contributed by atoms with Crippen molar-refractivity contribution < 1.29 is 0 Å². The van der Waals surface area contributed by atoms with Crippen LogP contribution in [0, 0.1) is 6.92 Å². The summed E-state index contributed by atoms with van der Waals surface area (Å²) >= 11 is 1.84. The van der Waals surface area contributed by atoms with Crippen molar-refractivity contribution in [1.29, 1.82) is 0 Å². The van der Waals surface area contributed by atoms with Gasteiger partial charge in [0.05, 0.1) is 6.54 Å². The third-order valence-electron chi connectivity index (χ3n) is 4.05. The molecule has 2 rings (SSSR count). The zero-order chi connectivity index (χ0) is 15.2. The van der Waals surface area contributed by atoms with E-state index in [2.05, 4.69) is 53.4 Å². The molecule has 22 heavy (non-hydrogen) atoms. The predicted octanol–water partition coefficient (Wildman–Crippen LogP) is 3.21. The van der Waals surface area contributed by atoms with Gasteiger partial charge in [0.25, 0.3) is 0 Å². The average molecular weight is 436 g/mol. The van der Waals surface area contributed by atoms with Crippen molar-refractivity contribution in [3.63, 3.8) is 0 Å². The van der Waals surface area contributed by atoms with Gasteiger partial charge >= 0.3 is 0 Å². The topological polar surface area (TPSA) is 39.7 Å². The number of guanidine groups is 1. The Morgan fingerprint density at radius 2 is 2.05 bits per heavy atom. The van der Waals surface area contributed by atoms with Crippen LogP contribution in [0.1, 0.15) is 36.4 Å². The van der Waals surface area contributed by atoms with Gasteiger partial charge in [-0.05, 0) is 45.7 Å². The molecule has 1 fully saturated rings. The molecule has 6 heteroatoms. The van der Waals surface area contributed by atoms with Crippen LogP contribution in [-0.2, 0) is 6.54 Å². The van der Waals surface area contributed by atoms with E-state index in [0.29, 0.717) is 12.1 Å². The molecule has 0 aliphatic carbocycles. The fraction of sp³-hybridized carbons (Fsp3) is 0.688. The number of aliphatic imine (C=N–C) groups is 1. The van der Waals surface area contributed by atoms with E-state index < -0.39 is 0 Å². The van der Waals surface area contributed by atoms with Gasteiger partial charge in [-0.3, -0.25) is 4.99 Å². The van der Waals surface area contributed by atoms with E-state index in [0.717, 1.165) is 12.5 Å². The van der Waals surface area contributed by atoms with Crippen LogP contribution in [-0.4, -0.2) is 43.1 Å². The molecule has 0 bridgehead atoms. The molecular formula is C16H29IN4S. The first-order valence-corrected chi connectivity index (χ1v) is 8.66. The molecule has 126 valence electrons. The minimum Gasteiger partial charge on any atom is -0.354 e. The second-order valence-corrected chi connectivity index (χ2v) is 7.36. The van der Waals surface area contributed by atoms with E-state index in [1.807, 2.05) is 18.4 Å². The van der Waals surface area contributed by atoms with Crippen LogP contribution in [0.4, 0.5) is 0 Å². The van der Waals surface area contributed by atoms with Crippen molar-refractivity contribution in [2.75, 3.05) is 20.1 Å². The molecule has 0 unspecified atom stereocenters. The quantitative estimate of drug-likeness (QED) is 0.433. The van der Waals surface area contributed by atoms with Crippen molar-refractivity contribution in [3.8, 4) is 0 Å². The molecule has 0 radical (unpaired) electrons. The molecule has 0 atom stereocenters. The van der Waals surface area contributed by atoms with Crippen LogP contribution >= 0.6 is 35.3 Å². The maximum Gasteiger partial charge on any atom is 0.191 e. The number of rotatable bonds is 4. The van der Waals surface area contributed by atoms with Crippen LogP contribution in [0.3, 0.4) is 0 Å². The predicted molar refractivity (Wildman–Crippen MR) is 108 cm³/mol. The van der Waals surface area contributed by atoms with E-state index in [1.165, 1.54) is 35.7 Å². The number of thiophene rings is 1. The van der Waals surface area contributed by atoms with Gasteiger partial charge in [-0.25, -0.2) is 0 Å². The highest BCUT2D eigenvalue weighted by atomic mass is 127.